The van der Waals surface area contributed by atoms with Gasteiger partial charge in [0.05, 0.1) is 17.0 Å². The smallest absolute Gasteiger partial charge is 0.244 e. The number of carbonyl (C=O) groups is 2. The lowest BCUT2D eigenvalue weighted by molar-refractivity contribution is -0.139. The van der Waals surface area contributed by atoms with Gasteiger partial charge in [-0.1, -0.05) is 71.7 Å². The van der Waals surface area contributed by atoms with Gasteiger partial charge in [0.1, 0.15) is 18.4 Å². The molecule has 2 amide bonds. The first kappa shape index (κ1) is 28.4. The molecular weight excluding hydrogens is 540 g/mol. The van der Waals surface area contributed by atoms with Gasteiger partial charge in [0.15, 0.2) is 0 Å². The van der Waals surface area contributed by atoms with Gasteiger partial charge in [-0.25, -0.2) is 12.8 Å². The predicted molar refractivity (Wildman–Crippen MR) is 144 cm³/mol. The van der Waals surface area contributed by atoms with Crippen molar-refractivity contribution in [2.45, 2.75) is 19.0 Å². The first-order valence-electron chi connectivity index (χ1n) is 11.2. The van der Waals surface area contributed by atoms with E-state index < -0.39 is 40.2 Å². The summed E-state index contributed by atoms with van der Waals surface area (Å²) in [7, 11) is -2.53. The van der Waals surface area contributed by atoms with Crippen molar-refractivity contribution in [3.8, 4) is 0 Å². The second-order valence-electron chi connectivity index (χ2n) is 8.30. The van der Waals surface area contributed by atoms with Crippen LogP contribution in [-0.2, 0) is 32.6 Å². The Morgan fingerprint density at radius 3 is 2.22 bits per heavy atom. The third-order valence-corrected chi connectivity index (χ3v) is 7.49. The Morgan fingerprint density at radius 1 is 0.973 bits per heavy atom. The molecule has 37 heavy (non-hydrogen) atoms. The van der Waals surface area contributed by atoms with Gasteiger partial charge >= 0.3 is 0 Å². The van der Waals surface area contributed by atoms with E-state index in [1.54, 1.807) is 24.3 Å². The van der Waals surface area contributed by atoms with Crippen molar-refractivity contribution in [1.82, 2.24) is 10.2 Å². The van der Waals surface area contributed by atoms with E-state index in [4.69, 9.17) is 23.2 Å². The molecule has 1 atom stereocenters. The number of hydrogen-bond donors (Lipinski definition) is 1. The molecule has 0 bridgehead atoms. The summed E-state index contributed by atoms with van der Waals surface area (Å²) < 4.78 is 39.9. The molecule has 0 radical (unpaired) electrons. The Labute approximate surface area is 225 Å². The summed E-state index contributed by atoms with van der Waals surface area (Å²) >= 11 is 12.2. The molecule has 0 aromatic heterocycles. The van der Waals surface area contributed by atoms with Crippen LogP contribution in [-0.4, -0.2) is 51.0 Å². The highest BCUT2D eigenvalue weighted by atomic mass is 35.5. The maximum absolute atomic E-state index is 13.8. The Kier molecular flexibility index (Phi) is 9.53. The van der Waals surface area contributed by atoms with Crippen LogP contribution in [0.15, 0.2) is 72.8 Å². The standard InChI is InChI=1S/C26H26Cl2FN3O4S/c1-30-26(34)24(14-18-8-4-3-5-9-18)31(16-19-10-6-7-11-21(19)27)25(33)17-32(37(2,35)36)20-12-13-23(29)22(28)15-20/h3-13,15,24H,14,16-17H2,1-2H3,(H,30,34)/t24-/m0/s1. The van der Waals surface area contributed by atoms with Crippen molar-refractivity contribution in [2.24, 2.45) is 0 Å². The van der Waals surface area contributed by atoms with Crippen molar-refractivity contribution in [3.05, 3.63) is 99.8 Å². The highest BCUT2D eigenvalue weighted by Crippen LogP contribution is 2.26. The van der Waals surface area contributed by atoms with E-state index in [1.165, 1.54) is 18.0 Å². The number of carbonyl (C=O) groups excluding carboxylic acids is 2. The van der Waals surface area contributed by atoms with Crippen LogP contribution in [0.25, 0.3) is 0 Å². The number of benzene rings is 3. The summed E-state index contributed by atoms with van der Waals surface area (Å²) in [6.45, 7) is -0.696. The third kappa shape index (κ3) is 7.44. The van der Waals surface area contributed by atoms with Gasteiger partial charge in [-0.3, -0.25) is 13.9 Å². The van der Waals surface area contributed by atoms with E-state index in [2.05, 4.69) is 5.32 Å². The summed E-state index contributed by atoms with van der Waals surface area (Å²) in [5, 5.41) is 2.69. The lowest BCUT2D eigenvalue weighted by atomic mass is 10.0. The first-order chi connectivity index (χ1) is 17.5. The summed E-state index contributed by atoms with van der Waals surface area (Å²) in [5.41, 5.74) is 1.40. The van der Waals surface area contributed by atoms with Crippen molar-refractivity contribution >= 4 is 50.7 Å². The van der Waals surface area contributed by atoms with E-state index in [0.29, 0.717) is 10.6 Å². The van der Waals surface area contributed by atoms with Crippen molar-refractivity contribution < 1.29 is 22.4 Å². The van der Waals surface area contributed by atoms with Gasteiger partial charge in [-0.2, -0.15) is 0 Å². The van der Waals surface area contributed by atoms with Crippen LogP contribution in [0.1, 0.15) is 11.1 Å². The van der Waals surface area contributed by atoms with Crippen LogP contribution < -0.4 is 9.62 Å². The second kappa shape index (κ2) is 12.4. The van der Waals surface area contributed by atoms with Crippen LogP contribution in [0, 0.1) is 5.82 Å². The fraction of sp³-hybridized carbons (Fsp3) is 0.231. The van der Waals surface area contributed by atoms with E-state index in [9.17, 15) is 22.4 Å². The first-order valence-corrected chi connectivity index (χ1v) is 13.8. The molecule has 0 heterocycles. The zero-order valence-electron chi connectivity index (χ0n) is 20.2. The molecule has 1 N–H and O–H groups in total. The normalized spacial score (nSPS) is 12.0. The highest BCUT2D eigenvalue weighted by Gasteiger charge is 2.33. The van der Waals surface area contributed by atoms with Crippen LogP contribution >= 0.6 is 23.2 Å². The van der Waals surface area contributed by atoms with Crippen molar-refractivity contribution in [1.29, 1.82) is 0 Å². The largest absolute Gasteiger partial charge is 0.357 e. The molecule has 0 spiro atoms. The lowest BCUT2D eigenvalue weighted by Crippen LogP contribution is -2.52. The fourth-order valence-corrected chi connectivity index (χ4v) is 5.00. The molecule has 0 aliphatic rings. The highest BCUT2D eigenvalue weighted by molar-refractivity contribution is 7.92. The number of sulfonamides is 1. The van der Waals surface area contributed by atoms with Gasteiger partial charge < -0.3 is 10.2 Å². The average Bonchev–Trinajstić information content (AvgIpc) is 2.86. The Morgan fingerprint density at radius 2 is 1.62 bits per heavy atom. The molecule has 3 aromatic rings. The Hall–Kier alpha value is -3.14. The van der Waals surface area contributed by atoms with Gasteiger partial charge in [0.25, 0.3) is 0 Å². The van der Waals surface area contributed by atoms with Gasteiger partial charge in [0, 0.05) is 25.0 Å². The fourth-order valence-electron chi connectivity index (χ4n) is 3.78. The molecule has 3 aromatic carbocycles. The third-order valence-electron chi connectivity index (χ3n) is 5.69. The Balaban J connectivity index is 2.05. The predicted octanol–water partition coefficient (Wildman–Crippen LogP) is 4.28. The maximum Gasteiger partial charge on any atom is 0.244 e. The van der Waals surface area contributed by atoms with E-state index in [1.807, 2.05) is 30.3 Å². The van der Waals surface area contributed by atoms with E-state index in [0.717, 1.165) is 28.3 Å². The minimum atomic E-state index is -3.99. The molecule has 0 unspecified atom stereocenters. The summed E-state index contributed by atoms with van der Waals surface area (Å²) in [5.74, 6) is -1.82. The maximum atomic E-state index is 13.8. The van der Waals surface area contributed by atoms with E-state index >= 15 is 0 Å². The number of hydrogen-bond acceptors (Lipinski definition) is 4. The van der Waals surface area contributed by atoms with Crippen molar-refractivity contribution in [2.75, 3.05) is 24.2 Å². The topological polar surface area (TPSA) is 86.8 Å². The van der Waals surface area contributed by atoms with Crippen LogP contribution in [0.2, 0.25) is 10.0 Å². The average molecular weight is 566 g/mol. The van der Waals surface area contributed by atoms with Crippen LogP contribution in [0.3, 0.4) is 0 Å². The van der Waals surface area contributed by atoms with Gasteiger partial charge in [0.2, 0.25) is 21.8 Å². The zero-order chi connectivity index (χ0) is 27.2. The van der Waals surface area contributed by atoms with Crippen LogP contribution in [0.4, 0.5) is 10.1 Å². The Bertz CT molecular complexity index is 1370. The minimum Gasteiger partial charge on any atom is -0.357 e. The molecule has 11 heteroatoms. The number of nitrogens with zero attached hydrogens (tertiary/aromatic N) is 2. The molecule has 0 saturated heterocycles. The molecule has 0 saturated carbocycles. The molecule has 7 nitrogen and oxygen atoms in total. The molecule has 3 rings (SSSR count). The molecule has 196 valence electrons. The SMILES string of the molecule is CNC(=O)[C@H](Cc1ccccc1)N(Cc1ccccc1Cl)C(=O)CN(c1ccc(F)c(Cl)c1)S(C)(=O)=O. The molecule has 0 fully saturated rings. The molecular formula is C26H26Cl2FN3O4S. The number of amides is 2. The monoisotopic (exact) mass is 565 g/mol. The summed E-state index contributed by atoms with van der Waals surface area (Å²) in [6, 6.07) is 18.4. The molecule has 0 aliphatic heterocycles. The van der Waals surface area contributed by atoms with E-state index in [-0.39, 0.29) is 23.7 Å². The summed E-state index contributed by atoms with van der Waals surface area (Å²) in [6.07, 6.45) is 1.11. The number of halogens is 3. The number of likely N-dealkylation sites (N-methyl/N-ethyl adjacent to an activating group) is 1. The quantitative estimate of drug-likeness (QED) is 0.397. The van der Waals surface area contributed by atoms with Crippen molar-refractivity contribution in [3.63, 3.8) is 0 Å². The lowest BCUT2D eigenvalue weighted by Gasteiger charge is -2.33. The second-order valence-corrected chi connectivity index (χ2v) is 11.0. The van der Waals surface area contributed by atoms with Gasteiger partial charge in [-0.05, 0) is 35.4 Å². The zero-order valence-corrected chi connectivity index (χ0v) is 22.5. The number of anilines is 1. The summed E-state index contributed by atoms with van der Waals surface area (Å²) in [4.78, 5) is 28.1. The minimum absolute atomic E-state index is 0.0134. The molecule has 0 aliphatic carbocycles. The van der Waals surface area contributed by atoms with Gasteiger partial charge in [-0.15, -0.1) is 0 Å². The number of nitrogens with one attached hydrogen (secondary N) is 1. The van der Waals surface area contributed by atoms with Crippen LogP contribution in [0.5, 0.6) is 0 Å². The number of rotatable bonds is 10.